The quantitative estimate of drug-likeness (QED) is 0.0682. The standard InChI is InChI=1S/C27H45N3O2/c1-2-3-4-5-6-7-8-9-10-11-12-13-14-15-19-22-27(26(23-31)29-30-28)32-24-25-20-17-16-18-21-25/h7-8,16-18,20-21,26-27,31H,2-6,9-15,19,22-24H2,1H3/b8-7-/t26-,27?/m0/s1. The Morgan fingerprint density at radius 1 is 0.906 bits per heavy atom. The Balaban J connectivity index is 2.12. The summed E-state index contributed by atoms with van der Waals surface area (Å²) in [6.45, 7) is 2.54. The summed E-state index contributed by atoms with van der Waals surface area (Å²) < 4.78 is 6.02. The van der Waals surface area contributed by atoms with Gasteiger partial charge in [0.05, 0.1) is 25.4 Å². The van der Waals surface area contributed by atoms with Crippen molar-refractivity contribution < 1.29 is 9.84 Å². The summed E-state index contributed by atoms with van der Waals surface area (Å²) in [4.78, 5) is 2.88. The highest BCUT2D eigenvalue weighted by Gasteiger charge is 2.20. The Morgan fingerprint density at radius 2 is 1.50 bits per heavy atom. The SMILES string of the molecule is CCCCCC/C=C\CCCCCCCCCC(OCc1ccccc1)[C@H](CO)N=[N+]=[N-]. The number of ether oxygens (including phenoxy) is 1. The van der Waals surface area contributed by atoms with E-state index in [4.69, 9.17) is 10.3 Å². The van der Waals surface area contributed by atoms with Crippen LogP contribution in [0.5, 0.6) is 0 Å². The van der Waals surface area contributed by atoms with E-state index in [0.29, 0.717) is 6.61 Å². The molecule has 0 saturated carbocycles. The summed E-state index contributed by atoms with van der Waals surface area (Å²) in [6.07, 6.45) is 21.7. The first-order valence-corrected chi connectivity index (χ1v) is 12.8. The van der Waals surface area contributed by atoms with Crippen molar-refractivity contribution in [3.05, 3.63) is 58.5 Å². The molecule has 180 valence electrons. The molecule has 1 unspecified atom stereocenters. The molecule has 1 aromatic carbocycles. The smallest absolute Gasteiger partial charge is 0.0867 e. The van der Waals surface area contributed by atoms with Gasteiger partial charge >= 0.3 is 0 Å². The molecule has 0 fully saturated rings. The summed E-state index contributed by atoms with van der Waals surface area (Å²) in [5.74, 6) is 0. The summed E-state index contributed by atoms with van der Waals surface area (Å²) in [6, 6.07) is 9.45. The first-order valence-electron chi connectivity index (χ1n) is 12.8. The maximum atomic E-state index is 9.60. The first kappa shape index (κ1) is 28.2. The Bertz CT molecular complexity index is 615. The van der Waals surface area contributed by atoms with Crippen LogP contribution in [0.4, 0.5) is 0 Å². The van der Waals surface area contributed by atoms with E-state index >= 15 is 0 Å². The Kier molecular flexibility index (Phi) is 18.6. The zero-order valence-corrected chi connectivity index (χ0v) is 20.2. The molecule has 5 heteroatoms. The number of allylic oxidation sites excluding steroid dienone is 2. The van der Waals surface area contributed by atoms with Crippen molar-refractivity contribution in [2.24, 2.45) is 5.11 Å². The van der Waals surface area contributed by atoms with Crippen LogP contribution in [0.2, 0.25) is 0 Å². The molecule has 0 radical (unpaired) electrons. The molecule has 0 aliphatic carbocycles. The lowest BCUT2D eigenvalue weighted by Gasteiger charge is -2.22. The van der Waals surface area contributed by atoms with Gasteiger partial charge in [-0.05, 0) is 43.2 Å². The Hall–Kier alpha value is -1.81. The fourth-order valence-corrected chi connectivity index (χ4v) is 3.88. The molecule has 0 amide bonds. The molecule has 0 saturated heterocycles. The van der Waals surface area contributed by atoms with E-state index in [2.05, 4.69) is 29.1 Å². The molecule has 0 aromatic heterocycles. The van der Waals surface area contributed by atoms with Crippen LogP contribution in [-0.2, 0) is 11.3 Å². The lowest BCUT2D eigenvalue weighted by molar-refractivity contribution is 0.00410. The molecular formula is C27H45N3O2. The maximum absolute atomic E-state index is 9.60. The highest BCUT2D eigenvalue weighted by atomic mass is 16.5. The molecule has 0 spiro atoms. The van der Waals surface area contributed by atoms with Crippen LogP contribution >= 0.6 is 0 Å². The summed E-state index contributed by atoms with van der Waals surface area (Å²) in [5, 5.41) is 13.3. The number of benzene rings is 1. The predicted molar refractivity (Wildman–Crippen MR) is 134 cm³/mol. The Labute approximate surface area is 195 Å². The number of aliphatic hydroxyl groups excluding tert-OH is 1. The van der Waals surface area contributed by atoms with Gasteiger partial charge < -0.3 is 9.84 Å². The van der Waals surface area contributed by atoms with Crippen molar-refractivity contribution in [3.8, 4) is 0 Å². The van der Waals surface area contributed by atoms with Crippen molar-refractivity contribution in [2.75, 3.05) is 6.61 Å². The van der Waals surface area contributed by atoms with E-state index in [9.17, 15) is 5.11 Å². The molecule has 5 nitrogen and oxygen atoms in total. The van der Waals surface area contributed by atoms with E-state index in [1.54, 1.807) is 0 Å². The topological polar surface area (TPSA) is 78.2 Å². The molecule has 1 aromatic rings. The minimum absolute atomic E-state index is 0.184. The van der Waals surface area contributed by atoms with E-state index in [0.717, 1.165) is 24.8 Å². The van der Waals surface area contributed by atoms with E-state index in [1.807, 2.05) is 30.3 Å². The highest BCUT2D eigenvalue weighted by molar-refractivity contribution is 5.13. The minimum atomic E-state index is -0.525. The first-order chi connectivity index (χ1) is 15.8. The lowest BCUT2D eigenvalue weighted by Crippen LogP contribution is -2.30. The predicted octanol–water partition coefficient (Wildman–Crippen LogP) is 8.28. The number of unbranched alkanes of at least 4 members (excludes halogenated alkanes) is 11. The van der Waals surface area contributed by atoms with Crippen molar-refractivity contribution >= 4 is 0 Å². The summed E-state index contributed by atoms with van der Waals surface area (Å²) >= 11 is 0. The van der Waals surface area contributed by atoms with Gasteiger partial charge in [0.1, 0.15) is 0 Å². The number of azide groups is 1. The number of rotatable bonds is 21. The third-order valence-corrected chi connectivity index (χ3v) is 5.87. The van der Waals surface area contributed by atoms with Crippen molar-refractivity contribution in [3.63, 3.8) is 0 Å². The molecule has 0 heterocycles. The van der Waals surface area contributed by atoms with Gasteiger partial charge in [0.15, 0.2) is 0 Å². The molecule has 0 aliphatic rings. The number of aliphatic hydroxyl groups is 1. The third kappa shape index (κ3) is 15.1. The van der Waals surface area contributed by atoms with Gasteiger partial charge in [-0.3, -0.25) is 0 Å². The molecule has 2 atom stereocenters. The van der Waals surface area contributed by atoms with Crippen LogP contribution in [0.15, 0.2) is 47.6 Å². The van der Waals surface area contributed by atoms with E-state index < -0.39 is 6.04 Å². The molecule has 1 rings (SSSR count). The molecule has 32 heavy (non-hydrogen) atoms. The number of hydrogen-bond acceptors (Lipinski definition) is 3. The number of hydrogen-bond donors (Lipinski definition) is 1. The van der Waals surface area contributed by atoms with Gasteiger partial charge in [-0.2, -0.15) is 0 Å². The minimum Gasteiger partial charge on any atom is -0.396 e. The fraction of sp³-hybridized carbons (Fsp3) is 0.704. The van der Waals surface area contributed by atoms with Crippen molar-refractivity contribution in [2.45, 2.75) is 116 Å². The van der Waals surface area contributed by atoms with E-state index in [1.165, 1.54) is 70.6 Å². The lowest BCUT2D eigenvalue weighted by atomic mass is 10.0. The second kappa shape index (κ2) is 21.1. The highest BCUT2D eigenvalue weighted by Crippen LogP contribution is 2.17. The normalized spacial score (nSPS) is 13.2. The van der Waals surface area contributed by atoms with Crippen molar-refractivity contribution in [1.82, 2.24) is 0 Å². The summed E-state index contributed by atoms with van der Waals surface area (Å²) in [5.41, 5.74) is 9.88. The molecule has 0 bridgehead atoms. The van der Waals surface area contributed by atoms with Crippen molar-refractivity contribution in [1.29, 1.82) is 0 Å². The van der Waals surface area contributed by atoms with Crippen LogP contribution < -0.4 is 0 Å². The van der Waals surface area contributed by atoms with Crippen LogP contribution in [0, 0.1) is 0 Å². The molecule has 0 aliphatic heterocycles. The average molecular weight is 444 g/mol. The van der Waals surface area contributed by atoms with Gasteiger partial charge in [-0.15, -0.1) is 0 Å². The van der Waals surface area contributed by atoms with Crippen LogP contribution in [0.25, 0.3) is 10.4 Å². The van der Waals surface area contributed by atoms with Gasteiger partial charge in [0, 0.05) is 4.91 Å². The van der Waals surface area contributed by atoms with Crippen LogP contribution in [-0.4, -0.2) is 23.9 Å². The monoisotopic (exact) mass is 443 g/mol. The molecule has 1 N–H and O–H groups in total. The summed E-state index contributed by atoms with van der Waals surface area (Å²) in [7, 11) is 0. The van der Waals surface area contributed by atoms with Crippen LogP contribution in [0.3, 0.4) is 0 Å². The second-order valence-electron chi connectivity index (χ2n) is 8.66. The maximum Gasteiger partial charge on any atom is 0.0867 e. The zero-order valence-electron chi connectivity index (χ0n) is 20.2. The van der Waals surface area contributed by atoms with Gasteiger partial charge in [-0.25, -0.2) is 0 Å². The molecular weight excluding hydrogens is 398 g/mol. The van der Waals surface area contributed by atoms with Gasteiger partial charge in [-0.1, -0.05) is 112 Å². The van der Waals surface area contributed by atoms with E-state index in [-0.39, 0.29) is 12.7 Å². The average Bonchev–Trinajstić information content (AvgIpc) is 2.82. The zero-order chi connectivity index (χ0) is 23.1. The third-order valence-electron chi connectivity index (χ3n) is 5.87. The number of nitrogens with zero attached hydrogens (tertiary/aromatic N) is 3. The largest absolute Gasteiger partial charge is 0.396 e. The van der Waals surface area contributed by atoms with Crippen LogP contribution in [0.1, 0.15) is 102 Å². The van der Waals surface area contributed by atoms with Gasteiger partial charge in [0.2, 0.25) is 0 Å². The fourth-order valence-electron chi connectivity index (χ4n) is 3.88. The Morgan fingerprint density at radius 3 is 2.09 bits per heavy atom. The van der Waals surface area contributed by atoms with Gasteiger partial charge in [0.25, 0.3) is 0 Å². The second-order valence-corrected chi connectivity index (χ2v) is 8.66.